The number of hydrazine groups is 1. The number of fused-ring (bicyclic) bond motifs is 1. The number of likely N-dealkylation sites (tertiary alicyclic amines) is 1. The smallest absolute Gasteiger partial charge is 0.269 e. The predicted octanol–water partition coefficient (Wildman–Crippen LogP) is 1.15. The number of rotatable bonds is 4. The van der Waals surface area contributed by atoms with Crippen LogP contribution in [0.2, 0.25) is 0 Å². The monoisotopic (exact) mass is 361 g/mol. The number of benzene rings is 1. The van der Waals surface area contributed by atoms with E-state index in [0.717, 1.165) is 37.8 Å². The first-order chi connectivity index (χ1) is 12.5. The Kier molecular flexibility index (Phi) is 5.29. The zero-order valence-corrected chi connectivity index (χ0v) is 14.2. The highest BCUT2D eigenvalue weighted by molar-refractivity contribution is 6.05. The van der Waals surface area contributed by atoms with Crippen molar-refractivity contribution in [1.82, 2.24) is 15.8 Å². The molecule has 138 valence electrons. The van der Waals surface area contributed by atoms with Crippen LogP contribution in [-0.4, -0.2) is 35.1 Å². The molecule has 1 saturated carbocycles. The summed E-state index contributed by atoms with van der Waals surface area (Å²) in [6, 6.07) is 4.86. The Balaban J connectivity index is 1.47. The summed E-state index contributed by atoms with van der Waals surface area (Å²) in [6.07, 6.45) is 3.26. The molecule has 7 nitrogen and oxygen atoms in total. The molecular formula is C18H20FN3O4. The van der Waals surface area contributed by atoms with Gasteiger partial charge in [0.1, 0.15) is 5.82 Å². The molecule has 2 atom stereocenters. The number of nitrogens with zero attached hydrogens (tertiary/aromatic N) is 1. The van der Waals surface area contributed by atoms with Gasteiger partial charge in [0.2, 0.25) is 17.7 Å². The van der Waals surface area contributed by atoms with E-state index < -0.39 is 17.6 Å². The first kappa shape index (κ1) is 18.0. The van der Waals surface area contributed by atoms with Gasteiger partial charge in [0.15, 0.2) is 0 Å². The minimum Gasteiger partial charge on any atom is -0.282 e. The number of hydrogen-bond donors (Lipinski definition) is 2. The van der Waals surface area contributed by atoms with Crippen molar-refractivity contribution >= 4 is 23.6 Å². The minimum atomic E-state index is -0.585. The predicted molar refractivity (Wildman–Crippen MR) is 88.8 cm³/mol. The van der Waals surface area contributed by atoms with Gasteiger partial charge in [-0.15, -0.1) is 0 Å². The standard InChI is InChI=1S/C18H20FN3O4/c19-12-7-5-11(6-8-12)16(24)21-20-15(23)9-10-22-17(25)13-3-1-2-4-14(13)18(22)26/h5-8,13-14H,1-4,9-10H2,(H,20,23)(H,21,24)/t13-,14+. The van der Waals surface area contributed by atoms with Crippen molar-refractivity contribution in [2.24, 2.45) is 11.8 Å². The fourth-order valence-electron chi connectivity index (χ4n) is 3.53. The van der Waals surface area contributed by atoms with Gasteiger partial charge in [-0.2, -0.15) is 0 Å². The highest BCUT2D eigenvalue weighted by atomic mass is 19.1. The molecule has 1 aromatic rings. The molecule has 2 fully saturated rings. The highest BCUT2D eigenvalue weighted by Crippen LogP contribution is 2.37. The lowest BCUT2D eigenvalue weighted by Crippen LogP contribution is -2.43. The third kappa shape index (κ3) is 3.74. The van der Waals surface area contributed by atoms with Crippen molar-refractivity contribution in [2.75, 3.05) is 6.54 Å². The number of nitrogens with one attached hydrogen (secondary N) is 2. The lowest BCUT2D eigenvalue weighted by Gasteiger charge is -2.19. The van der Waals surface area contributed by atoms with E-state index in [2.05, 4.69) is 10.9 Å². The maximum atomic E-state index is 12.8. The summed E-state index contributed by atoms with van der Waals surface area (Å²) in [4.78, 5) is 49.5. The average Bonchev–Trinajstić information content (AvgIpc) is 2.89. The first-order valence-electron chi connectivity index (χ1n) is 8.67. The van der Waals surface area contributed by atoms with Crippen LogP contribution in [0.3, 0.4) is 0 Å². The second-order valence-corrected chi connectivity index (χ2v) is 6.58. The zero-order valence-electron chi connectivity index (χ0n) is 14.2. The van der Waals surface area contributed by atoms with E-state index in [1.807, 2.05) is 0 Å². The minimum absolute atomic E-state index is 0.00290. The summed E-state index contributed by atoms with van der Waals surface area (Å²) >= 11 is 0. The Hall–Kier alpha value is -2.77. The molecule has 1 saturated heterocycles. The Bertz CT molecular complexity index is 710. The van der Waals surface area contributed by atoms with Gasteiger partial charge in [0.25, 0.3) is 5.91 Å². The van der Waals surface area contributed by atoms with Crippen molar-refractivity contribution in [3.63, 3.8) is 0 Å². The van der Waals surface area contributed by atoms with Gasteiger partial charge in [-0.05, 0) is 37.1 Å². The molecule has 2 N–H and O–H groups in total. The van der Waals surface area contributed by atoms with Crippen LogP contribution in [0.4, 0.5) is 4.39 Å². The number of imide groups is 1. The van der Waals surface area contributed by atoms with Gasteiger partial charge in [-0.3, -0.25) is 34.9 Å². The van der Waals surface area contributed by atoms with E-state index >= 15 is 0 Å². The van der Waals surface area contributed by atoms with Gasteiger partial charge >= 0.3 is 0 Å². The van der Waals surface area contributed by atoms with Crippen LogP contribution in [0.25, 0.3) is 0 Å². The Morgan fingerprint density at radius 3 is 2.15 bits per heavy atom. The quantitative estimate of drug-likeness (QED) is 0.621. The summed E-state index contributed by atoms with van der Waals surface area (Å²) in [5, 5.41) is 0. The van der Waals surface area contributed by atoms with Crippen LogP contribution in [-0.2, 0) is 14.4 Å². The summed E-state index contributed by atoms with van der Waals surface area (Å²) in [6.45, 7) is 0.00290. The third-order valence-electron chi connectivity index (χ3n) is 4.92. The van der Waals surface area contributed by atoms with Crippen molar-refractivity contribution in [3.8, 4) is 0 Å². The molecule has 0 radical (unpaired) electrons. The van der Waals surface area contributed by atoms with Crippen molar-refractivity contribution in [2.45, 2.75) is 32.1 Å². The van der Waals surface area contributed by atoms with Gasteiger partial charge in [-0.1, -0.05) is 12.8 Å². The molecule has 0 bridgehead atoms. The third-order valence-corrected chi connectivity index (χ3v) is 4.92. The Morgan fingerprint density at radius 2 is 1.58 bits per heavy atom. The SMILES string of the molecule is O=C(CCN1C(=O)[C@H]2CCCC[C@H]2C1=O)NNC(=O)c1ccc(F)cc1. The summed E-state index contributed by atoms with van der Waals surface area (Å²) < 4.78 is 12.8. The maximum Gasteiger partial charge on any atom is 0.269 e. The lowest BCUT2D eigenvalue weighted by atomic mass is 9.81. The molecule has 1 heterocycles. The molecule has 1 aromatic carbocycles. The number of carbonyl (C=O) groups is 4. The number of carbonyl (C=O) groups excluding carboxylic acids is 4. The Morgan fingerprint density at radius 1 is 1.00 bits per heavy atom. The molecule has 0 spiro atoms. The van der Waals surface area contributed by atoms with Gasteiger partial charge in [-0.25, -0.2) is 4.39 Å². The first-order valence-corrected chi connectivity index (χ1v) is 8.67. The lowest BCUT2D eigenvalue weighted by molar-refractivity contribution is -0.140. The molecule has 3 rings (SSSR count). The van der Waals surface area contributed by atoms with Crippen LogP contribution in [0.1, 0.15) is 42.5 Å². The molecule has 26 heavy (non-hydrogen) atoms. The van der Waals surface area contributed by atoms with Crippen LogP contribution in [0.5, 0.6) is 0 Å². The van der Waals surface area contributed by atoms with Crippen LogP contribution < -0.4 is 10.9 Å². The summed E-state index contributed by atoms with van der Waals surface area (Å²) in [7, 11) is 0. The van der Waals surface area contributed by atoms with E-state index in [4.69, 9.17) is 0 Å². The Labute approximate surface area is 149 Å². The van der Waals surface area contributed by atoms with Crippen molar-refractivity contribution in [1.29, 1.82) is 0 Å². The van der Waals surface area contributed by atoms with E-state index in [9.17, 15) is 23.6 Å². The fourth-order valence-corrected chi connectivity index (χ4v) is 3.53. The van der Waals surface area contributed by atoms with E-state index in [1.54, 1.807) is 0 Å². The van der Waals surface area contributed by atoms with Crippen LogP contribution >= 0.6 is 0 Å². The molecule has 2 aliphatic rings. The normalized spacial score (nSPS) is 22.1. The van der Waals surface area contributed by atoms with E-state index in [1.165, 1.54) is 17.0 Å². The number of halogens is 1. The zero-order chi connectivity index (χ0) is 18.7. The molecule has 0 unspecified atom stereocenters. The highest BCUT2D eigenvalue weighted by Gasteiger charge is 2.47. The average molecular weight is 361 g/mol. The molecule has 1 aliphatic heterocycles. The molecule has 0 aromatic heterocycles. The second kappa shape index (κ2) is 7.63. The van der Waals surface area contributed by atoms with Crippen molar-refractivity contribution in [3.05, 3.63) is 35.6 Å². The largest absolute Gasteiger partial charge is 0.282 e. The molecular weight excluding hydrogens is 341 g/mol. The fraction of sp³-hybridized carbons (Fsp3) is 0.444. The number of hydrogen-bond acceptors (Lipinski definition) is 4. The van der Waals surface area contributed by atoms with E-state index in [-0.39, 0.29) is 42.2 Å². The van der Waals surface area contributed by atoms with E-state index in [0.29, 0.717) is 0 Å². The molecule has 4 amide bonds. The topological polar surface area (TPSA) is 95.6 Å². The summed E-state index contributed by atoms with van der Waals surface area (Å²) in [5.41, 5.74) is 4.64. The second-order valence-electron chi connectivity index (χ2n) is 6.58. The molecule has 1 aliphatic carbocycles. The summed E-state index contributed by atoms with van der Waals surface area (Å²) in [5.74, 6) is -2.43. The van der Waals surface area contributed by atoms with Gasteiger partial charge in [0.05, 0.1) is 11.8 Å². The van der Waals surface area contributed by atoms with Crippen LogP contribution in [0, 0.1) is 17.7 Å². The van der Waals surface area contributed by atoms with Gasteiger partial charge < -0.3 is 0 Å². The van der Waals surface area contributed by atoms with Crippen molar-refractivity contribution < 1.29 is 23.6 Å². The van der Waals surface area contributed by atoms with Crippen LogP contribution in [0.15, 0.2) is 24.3 Å². The number of amides is 4. The molecule has 8 heteroatoms. The maximum absolute atomic E-state index is 12.8. The van der Waals surface area contributed by atoms with Gasteiger partial charge in [0, 0.05) is 18.5 Å².